The average Bonchev–Trinajstić information content (AvgIpc) is 2.53. The molecule has 0 radical (unpaired) electrons. The summed E-state index contributed by atoms with van der Waals surface area (Å²) >= 11 is 0. The number of aliphatic imine (C=N–C) groups is 1. The molecule has 5 nitrogen and oxygen atoms in total. The van der Waals surface area contributed by atoms with E-state index < -0.39 is 23.3 Å². The predicted octanol–water partition coefficient (Wildman–Crippen LogP) is 2.12. The standard InChI is InChI=1S/C17H25F2N3O2/c1-3-20-16(21-11-17(23)6-8-24-9-7-17)22-12(2)14-5-4-13(18)10-15(14)19/h4-5,10,12,23H,3,6-9,11H2,1-2H3,(H2,20,21,22). The van der Waals surface area contributed by atoms with Gasteiger partial charge in [-0.15, -0.1) is 0 Å². The number of aliphatic hydroxyl groups is 1. The first-order chi connectivity index (χ1) is 11.4. The van der Waals surface area contributed by atoms with E-state index in [-0.39, 0.29) is 6.54 Å². The lowest BCUT2D eigenvalue weighted by Crippen LogP contribution is -2.43. The first-order valence-corrected chi connectivity index (χ1v) is 8.23. The van der Waals surface area contributed by atoms with Gasteiger partial charge in [-0.1, -0.05) is 6.07 Å². The van der Waals surface area contributed by atoms with Crippen LogP contribution in [-0.2, 0) is 4.74 Å². The Kier molecular flexibility index (Phi) is 6.51. The fraction of sp³-hybridized carbons (Fsp3) is 0.588. The van der Waals surface area contributed by atoms with Crippen molar-refractivity contribution in [1.82, 2.24) is 10.6 Å². The molecule has 0 bridgehead atoms. The molecule has 0 aromatic heterocycles. The fourth-order valence-corrected chi connectivity index (χ4v) is 2.59. The molecule has 0 saturated carbocycles. The third-order valence-electron chi connectivity index (χ3n) is 4.08. The number of ether oxygens (including phenoxy) is 1. The first kappa shape index (κ1) is 18.6. The van der Waals surface area contributed by atoms with Crippen molar-refractivity contribution in [1.29, 1.82) is 0 Å². The van der Waals surface area contributed by atoms with E-state index in [1.54, 1.807) is 6.92 Å². The molecule has 134 valence electrons. The van der Waals surface area contributed by atoms with Gasteiger partial charge in [0.1, 0.15) is 11.6 Å². The van der Waals surface area contributed by atoms with Crippen molar-refractivity contribution >= 4 is 5.96 Å². The van der Waals surface area contributed by atoms with E-state index in [0.717, 1.165) is 6.07 Å². The number of guanidine groups is 1. The van der Waals surface area contributed by atoms with Crippen LogP contribution in [0.15, 0.2) is 23.2 Å². The molecule has 1 saturated heterocycles. The molecule has 1 aliphatic heterocycles. The van der Waals surface area contributed by atoms with Gasteiger partial charge in [-0.05, 0) is 19.9 Å². The van der Waals surface area contributed by atoms with Crippen LogP contribution in [0.3, 0.4) is 0 Å². The molecule has 1 aromatic rings. The van der Waals surface area contributed by atoms with Gasteiger partial charge < -0.3 is 20.5 Å². The van der Waals surface area contributed by atoms with Crippen LogP contribution in [0, 0.1) is 11.6 Å². The normalized spacial score (nSPS) is 19.0. The number of rotatable bonds is 5. The van der Waals surface area contributed by atoms with Gasteiger partial charge in [0, 0.05) is 44.2 Å². The minimum absolute atomic E-state index is 0.240. The predicted molar refractivity (Wildman–Crippen MR) is 88.9 cm³/mol. The molecule has 1 unspecified atom stereocenters. The highest BCUT2D eigenvalue weighted by Gasteiger charge is 2.29. The second kappa shape index (κ2) is 8.39. The Morgan fingerprint density at radius 3 is 2.71 bits per heavy atom. The third kappa shape index (κ3) is 5.14. The van der Waals surface area contributed by atoms with E-state index in [0.29, 0.717) is 44.1 Å². The van der Waals surface area contributed by atoms with Crippen LogP contribution in [0.5, 0.6) is 0 Å². The second-order valence-electron chi connectivity index (χ2n) is 6.06. The highest BCUT2D eigenvalue weighted by Crippen LogP contribution is 2.21. The van der Waals surface area contributed by atoms with Gasteiger partial charge in [0.2, 0.25) is 0 Å². The first-order valence-electron chi connectivity index (χ1n) is 8.23. The largest absolute Gasteiger partial charge is 0.388 e. The van der Waals surface area contributed by atoms with Crippen LogP contribution in [0.2, 0.25) is 0 Å². The molecule has 1 aromatic carbocycles. The molecule has 0 amide bonds. The lowest BCUT2D eigenvalue weighted by Gasteiger charge is -2.30. The summed E-state index contributed by atoms with van der Waals surface area (Å²) in [7, 11) is 0. The number of nitrogens with one attached hydrogen (secondary N) is 2. The van der Waals surface area contributed by atoms with E-state index in [2.05, 4.69) is 15.6 Å². The van der Waals surface area contributed by atoms with E-state index in [1.807, 2.05) is 6.92 Å². The van der Waals surface area contributed by atoms with Gasteiger partial charge in [0.25, 0.3) is 0 Å². The maximum atomic E-state index is 13.9. The minimum Gasteiger partial charge on any atom is -0.388 e. The highest BCUT2D eigenvalue weighted by atomic mass is 19.1. The molecule has 0 spiro atoms. The summed E-state index contributed by atoms with van der Waals surface area (Å²) in [5, 5.41) is 16.6. The summed E-state index contributed by atoms with van der Waals surface area (Å²) < 4.78 is 32.2. The molecule has 7 heteroatoms. The number of halogens is 2. The molecule has 2 rings (SSSR count). The third-order valence-corrected chi connectivity index (χ3v) is 4.08. The summed E-state index contributed by atoms with van der Waals surface area (Å²) in [5.74, 6) is -0.728. The maximum absolute atomic E-state index is 13.9. The quantitative estimate of drug-likeness (QED) is 0.567. The molecule has 0 aliphatic carbocycles. The van der Waals surface area contributed by atoms with E-state index in [4.69, 9.17) is 4.74 Å². The van der Waals surface area contributed by atoms with E-state index in [9.17, 15) is 13.9 Å². The number of hydrogen-bond acceptors (Lipinski definition) is 3. The topological polar surface area (TPSA) is 65.9 Å². The van der Waals surface area contributed by atoms with Crippen molar-refractivity contribution in [2.45, 2.75) is 38.3 Å². The zero-order valence-corrected chi connectivity index (χ0v) is 14.1. The Bertz CT molecular complexity index is 575. The van der Waals surface area contributed by atoms with Crippen LogP contribution in [0.4, 0.5) is 8.78 Å². The zero-order valence-electron chi connectivity index (χ0n) is 14.1. The molecular weight excluding hydrogens is 316 g/mol. The molecule has 24 heavy (non-hydrogen) atoms. The summed E-state index contributed by atoms with van der Waals surface area (Å²) in [5.41, 5.74) is -0.517. The van der Waals surface area contributed by atoms with Crippen molar-refractivity contribution in [3.63, 3.8) is 0 Å². The number of nitrogens with zero attached hydrogens (tertiary/aromatic N) is 1. The Labute approximate surface area is 141 Å². The molecular formula is C17H25F2N3O2. The van der Waals surface area contributed by atoms with Crippen LogP contribution < -0.4 is 10.6 Å². The Balaban J connectivity index is 2.05. The molecule has 1 aliphatic rings. The van der Waals surface area contributed by atoms with Gasteiger partial charge in [-0.3, -0.25) is 4.99 Å². The molecule has 1 fully saturated rings. The average molecular weight is 341 g/mol. The Morgan fingerprint density at radius 2 is 2.08 bits per heavy atom. The Hall–Kier alpha value is -1.73. The van der Waals surface area contributed by atoms with Crippen molar-refractivity contribution in [3.8, 4) is 0 Å². The van der Waals surface area contributed by atoms with Gasteiger partial charge in [0.15, 0.2) is 5.96 Å². The molecule has 1 atom stereocenters. The zero-order chi connectivity index (χ0) is 17.6. The summed E-state index contributed by atoms with van der Waals surface area (Å²) in [6.07, 6.45) is 1.08. The van der Waals surface area contributed by atoms with E-state index >= 15 is 0 Å². The van der Waals surface area contributed by atoms with Gasteiger partial charge in [-0.25, -0.2) is 8.78 Å². The van der Waals surface area contributed by atoms with Crippen molar-refractivity contribution in [2.75, 3.05) is 26.3 Å². The maximum Gasteiger partial charge on any atom is 0.191 e. The van der Waals surface area contributed by atoms with Gasteiger partial charge in [0.05, 0.1) is 18.2 Å². The lowest BCUT2D eigenvalue weighted by molar-refractivity contribution is -0.0566. The summed E-state index contributed by atoms with van der Waals surface area (Å²) in [4.78, 5) is 4.41. The fourth-order valence-electron chi connectivity index (χ4n) is 2.59. The SMILES string of the molecule is CCNC(=NCC1(O)CCOCC1)NC(C)c1ccc(F)cc1F. The molecule has 3 N–H and O–H groups in total. The Morgan fingerprint density at radius 1 is 1.38 bits per heavy atom. The lowest BCUT2D eigenvalue weighted by atomic mass is 9.95. The van der Waals surface area contributed by atoms with Crippen LogP contribution in [0.1, 0.15) is 38.3 Å². The summed E-state index contributed by atoms with van der Waals surface area (Å²) in [6.45, 7) is 5.60. The van der Waals surface area contributed by atoms with Gasteiger partial charge in [-0.2, -0.15) is 0 Å². The van der Waals surface area contributed by atoms with Crippen LogP contribution in [0.25, 0.3) is 0 Å². The van der Waals surface area contributed by atoms with Crippen molar-refractivity contribution < 1.29 is 18.6 Å². The van der Waals surface area contributed by atoms with Crippen LogP contribution in [-0.4, -0.2) is 43.0 Å². The highest BCUT2D eigenvalue weighted by molar-refractivity contribution is 5.80. The second-order valence-corrected chi connectivity index (χ2v) is 6.06. The number of benzene rings is 1. The monoisotopic (exact) mass is 341 g/mol. The smallest absolute Gasteiger partial charge is 0.191 e. The minimum atomic E-state index is -0.870. The van der Waals surface area contributed by atoms with Crippen LogP contribution >= 0.6 is 0 Å². The molecule has 1 heterocycles. The van der Waals surface area contributed by atoms with Crippen molar-refractivity contribution in [2.24, 2.45) is 4.99 Å². The van der Waals surface area contributed by atoms with Crippen molar-refractivity contribution in [3.05, 3.63) is 35.4 Å². The number of hydrogen-bond donors (Lipinski definition) is 3. The summed E-state index contributed by atoms with van der Waals surface area (Å²) in [6, 6.07) is 3.11. The van der Waals surface area contributed by atoms with Gasteiger partial charge >= 0.3 is 0 Å². The van der Waals surface area contributed by atoms with E-state index in [1.165, 1.54) is 12.1 Å².